The van der Waals surface area contributed by atoms with Crippen molar-refractivity contribution >= 4 is 21.5 Å². The topological polar surface area (TPSA) is 12.9 Å². The van der Waals surface area contributed by atoms with Gasteiger partial charge in [0.1, 0.15) is 0 Å². The largest absolute Gasteiger partial charge is 0.248 e. The van der Waals surface area contributed by atoms with Gasteiger partial charge in [-0.15, -0.1) is 0 Å². The summed E-state index contributed by atoms with van der Waals surface area (Å²) in [6.45, 7) is 4.79. The lowest BCUT2D eigenvalue weighted by Crippen LogP contribution is -2.40. The third-order valence-electron chi connectivity index (χ3n) is 13.5. The Labute approximate surface area is 351 Å². The van der Waals surface area contributed by atoms with E-state index < -0.39 is 5.41 Å². The fourth-order valence-corrected chi connectivity index (χ4v) is 10.9. The molecule has 2 aliphatic carbocycles. The fraction of sp³-hybridized carbons (Fsp3) is 0.0678. The van der Waals surface area contributed by atoms with Gasteiger partial charge in [0, 0.05) is 16.5 Å². The summed E-state index contributed by atoms with van der Waals surface area (Å²) in [4.78, 5) is 5.30. The Morgan fingerprint density at radius 1 is 0.317 bits per heavy atom. The van der Waals surface area contributed by atoms with Crippen LogP contribution in [-0.2, 0) is 10.8 Å². The van der Waals surface area contributed by atoms with E-state index in [0.29, 0.717) is 0 Å². The van der Waals surface area contributed by atoms with Crippen LogP contribution >= 0.6 is 0 Å². The molecule has 60 heavy (non-hydrogen) atoms. The van der Waals surface area contributed by atoms with Crippen molar-refractivity contribution in [1.29, 1.82) is 0 Å². The minimum Gasteiger partial charge on any atom is -0.248 e. The van der Waals surface area contributed by atoms with Crippen LogP contribution in [0.25, 0.3) is 77.4 Å². The molecule has 1 aromatic heterocycles. The Balaban J connectivity index is 1.20. The van der Waals surface area contributed by atoms with Crippen molar-refractivity contribution in [2.75, 3.05) is 0 Å². The molecule has 0 N–H and O–H groups in total. The summed E-state index contributed by atoms with van der Waals surface area (Å²) in [6.07, 6.45) is 0. The van der Waals surface area contributed by atoms with Crippen LogP contribution in [0.1, 0.15) is 47.2 Å². The maximum absolute atomic E-state index is 5.30. The number of hydrogen-bond donors (Lipinski definition) is 0. The van der Waals surface area contributed by atoms with Gasteiger partial charge in [-0.2, -0.15) is 0 Å². The van der Waals surface area contributed by atoms with Crippen molar-refractivity contribution in [3.8, 4) is 55.9 Å². The van der Waals surface area contributed by atoms with Gasteiger partial charge in [0.15, 0.2) is 0 Å². The van der Waals surface area contributed by atoms with Gasteiger partial charge in [0.2, 0.25) is 0 Å². The van der Waals surface area contributed by atoms with Gasteiger partial charge in [0.05, 0.1) is 16.8 Å². The normalized spacial score (nSPS) is 14.1. The van der Waals surface area contributed by atoms with E-state index in [1.54, 1.807) is 0 Å². The molecule has 0 saturated heterocycles. The Kier molecular flexibility index (Phi) is 7.56. The zero-order valence-corrected chi connectivity index (χ0v) is 33.7. The highest BCUT2D eigenvalue weighted by Crippen LogP contribution is 2.64. The standard InChI is InChI=1S/C59H41N/c1-58(2)50-27-13-15-29-52(50)59(53-30-16-14-28-51(53)58)49-33-32-41(47-34-40-22-9-10-23-43(40)45-24-11-12-25-46(45)47)35-48(49)57-44(26-17-31-54(57)59)42-36-55(38-18-5-3-6-19-38)60-56(37-42)39-20-7-4-8-21-39/h3-37H,1-2H3. The number of nitrogens with zero attached hydrogens (tertiary/aromatic N) is 1. The number of hydrogen-bond acceptors (Lipinski definition) is 1. The third-order valence-corrected chi connectivity index (χ3v) is 13.5. The van der Waals surface area contributed by atoms with Crippen LogP contribution in [0.5, 0.6) is 0 Å². The lowest BCUT2D eigenvalue weighted by molar-refractivity contribution is 0.563. The maximum atomic E-state index is 5.30. The Bertz CT molecular complexity index is 3230. The third kappa shape index (κ3) is 4.90. The van der Waals surface area contributed by atoms with Crippen molar-refractivity contribution < 1.29 is 0 Å². The van der Waals surface area contributed by atoms with Crippen molar-refractivity contribution in [2.45, 2.75) is 24.7 Å². The van der Waals surface area contributed by atoms with E-state index >= 15 is 0 Å². The van der Waals surface area contributed by atoms with E-state index in [4.69, 9.17) is 4.98 Å². The number of fused-ring (bicyclic) bond motifs is 12. The lowest BCUT2D eigenvalue weighted by atomic mass is 9.55. The number of benzene rings is 9. The van der Waals surface area contributed by atoms with Crippen molar-refractivity contribution in [1.82, 2.24) is 4.98 Å². The van der Waals surface area contributed by atoms with Crippen LogP contribution in [0.4, 0.5) is 0 Å². The molecule has 0 aliphatic heterocycles. The molecule has 0 amide bonds. The monoisotopic (exact) mass is 763 g/mol. The highest BCUT2D eigenvalue weighted by Gasteiger charge is 2.53. The molecule has 282 valence electrons. The molecular weight excluding hydrogens is 723 g/mol. The quantitative estimate of drug-likeness (QED) is 0.163. The highest BCUT2D eigenvalue weighted by molar-refractivity contribution is 6.14. The van der Waals surface area contributed by atoms with E-state index in [0.717, 1.165) is 28.1 Å². The Hall–Kier alpha value is -7.35. The summed E-state index contributed by atoms with van der Waals surface area (Å²) >= 11 is 0. The van der Waals surface area contributed by atoms with Crippen LogP contribution < -0.4 is 0 Å². The van der Waals surface area contributed by atoms with Crippen molar-refractivity contribution in [3.63, 3.8) is 0 Å². The van der Waals surface area contributed by atoms with E-state index in [2.05, 4.69) is 226 Å². The first kappa shape index (κ1) is 34.7. The second-order valence-electron chi connectivity index (χ2n) is 17.0. The number of aromatic nitrogens is 1. The lowest BCUT2D eigenvalue weighted by Gasteiger charge is -2.46. The molecule has 2 aliphatic rings. The molecule has 12 rings (SSSR count). The molecule has 10 aromatic rings. The van der Waals surface area contributed by atoms with Gasteiger partial charge in [-0.3, -0.25) is 0 Å². The first-order valence-corrected chi connectivity index (χ1v) is 21.0. The molecule has 1 heterocycles. The second-order valence-corrected chi connectivity index (χ2v) is 17.0. The molecule has 1 spiro atoms. The molecule has 9 aromatic carbocycles. The van der Waals surface area contributed by atoms with Gasteiger partial charge >= 0.3 is 0 Å². The summed E-state index contributed by atoms with van der Waals surface area (Å²) in [5.74, 6) is 0. The molecule has 0 atom stereocenters. The van der Waals surface area contributed by atoms with Gasteiger partial charge in [-0.1, -0.05) is 202 Å². The summed E-state index contributed by atoms with van der Waals surface area (Å²) in [5, 5.41) is 5.07. The average molecular weight is 764 g/mol. The van der Waals surface area contributed by atoms with Crippen LogP contribution in [0.3, 0.4) is 0 Å². The van der Waals surface area contributed by atoms with E-state index in [1.165, 1.54) is 82.7 Å². The molecule has 0 fully saturated rings. The first-order valence-electron chi connectivity index (χ1n) is 21.0. The Morgan fingerprint density at radius 2 is 0.850 bits per heavy atom. The zero-order valence-electron chi connectivity index (χ0n) is 33.7. The second kappa shape index (κ2) is 13.1. The predicted octanol–water partition coefficient (Wildman–Crippen LogP) is 15.1. The summed E-state index contributed by atoms with van der Waals surface area (Å²) in [6, 6.07) is 78.7. The van der Waals surface area contributed by atoms with Gasteiger partial charge in [0.25, 0.3) is 0 Å². The van der Waals surface area contributed by atoms with Gasteiger partial charge in [-0.05, 0) is 113 Å². The summed E-state index contributed by atoms with van der Waals surface area (Å²) < 4.78 is 0. The SMILES string of the molecule is CC1(C)c2ccccc2C2(c3ccc(-c4cc5ccccc5c5ccccc45)cc3-c3c(-c4cc(-c5ccccc5)nc(-c5ccccc5)c4)cccc32)c2ccccc21. The van der Waals surface area contributed by atoms with Crippen LogP contribution in [-0.4, -0.2) is 4.98 Å². The van der Waals surface area contributed by atoms with Crippen LogP contribution in [0, 0.1) is 0 Å². The number of rotatable bonds is 4. The molecule has 0 bridgehead atoms. The maximum Gasteiger partial charge on any atom is 0.0719 e. The van der Waals surface area contributed by atoms with E-state index in [1.807, 2.05) is 0 Å². The molecule has 0 radical (unpaired) electrons. The number of pyridine rings is 1. The van der Waals surface area contributed by atoms with Crippen molar-refractivity contribution in [3.05, 3.63) is 246 Å². The summed E-state index contributed by atoms with van der Waals surface area (Å²) in [7, 11) is 0. The molecule has 1 heteroatoms. The first-order chi connectivity index (χ1) is 29.5. The minimum atomic E-state index is -0.523. The fourth-order valence-electron chi connectivity index (χ4n) is 10.9. The Morgan fingerprint density at radius 3 is 1.50 bits per heavy atom. The van der Waals surface area contributed by atoms with Gasteiger partial charge in [-0.25, -0.2) is 4.98 Å². The molecular formula is C59H41N. The molecule has 0 unspecified atom stereocenters. The molecule has 1 nitrogen and oxygen atoms in total. The predicted molar refractivity (Wildman–Crippen MR) is 250 cm³/mol. The van der Waals surface area contributed by atoms with E-state index in [9.17, 15) is 0 Å². The van der Waals surface area contributed by atoms with Crippen LogP contribution in [0.2, 0.25) is 0 Å². The van der Waals surface area contributed by atoms with Gasteiger partial charge < -0.3 is 0 Å². The zero-order chi connectivity index (χ0) is 40.0. The van der Waals surface area contributed by atoms with Crippen molar-refractivity contribution in [2.24, 2.45) is 0 Å². The summed E-state index contributed by atoms with van der Waals surface area (Å²) in [5.41, 5.74) is 18.9. The van der Waals surface area contributed by atoms with Crippen LogP contribution in [0.15, 0.2) is 212 Å². The minimum absolute atomic E-state index is 0.177. The average Bonchev–Trinajstić information content (AvgIpc) is 3.61. The van der Waals surface area contributed by atoms with E-state index in [-0.39, 0.29) is 5.41 Å². The molecule has 0 saturated carbocycles. The smallest absolute Gasteiger partial charge is 0.0719 e. The highest BCUT2D eigenvalue weighted by atomic mass is 14.7.